The van der Waals surface area contributed by atoms with E-state index >= 15 is 0 Å². The molecule has 2 amide bonds. The fraction of sp³-hybridized carbons (Fsp3) is 0.211. The van der Waals surface area contributed by atoms with Crippen molar-refractivity contribution in [2.75, 3.05) is 29.1 Å². The number of nitrogens with zero attached hydrogens (tertiary/aromatic N) is 1. The molecule has 1 saturated heterocycles. The number of benzene rings is 2. The monoisotopic (exact) mass is 421 g/mol. The maximum absolute atomic E-state index is 12.1. The minimum absolute atomic E-state index is 0.0140. The first-order chi connectivity index (χ1) is 13.3. The molecule has 2 aromatic rings. The first kappa shape index (κ1) is 20.0. The number of carbonyl (C=O) groups is 3. The maximum atomic E-state index is 12.1. The van der Waals surface area contributed by atoms with Crippen LogP contribution in [0, 0.1) is 0 Å². The van der Waals surface area contributed by atoms with Crippen LogP contribution < -0.4 is 16.0 Å². The molecule has 3 rings (SSSR count). The van der Waals surface area contributed by atoms with Crippen molar-refractivity contribution in [2.45, 2.75) is 12.8 Å². The van der Waals surface area contributed by atoms with Crippen molar-refractivity contribution in [3.05, 3.63) is 52.0 Å². The third-order valence-corrected chi connectivity index (χ3v) is 4.69. The van der Waals surface area contributed by atoms with E-state index in [0.717, 1.165) is 6.42 Å². The molecule has 0 unspecified atom stereocenters. The summed E-state index contributed by atoms with van der Waals surface area (Å²) in [6.45, 7) is 0.132. The van der Waals surface area contributed by atoms with Crippen LogP contribution >= 0.6 is 23.2 Å². The molecule has 0 aliphatic carbocycles. The van der Waals surface area contributed by atoms with Gasteiger partial charge in [-0.3, -0.25) is 9.59 Å². The highest BCUT2D eigenvalue weighted by molar-refractivity contribution is 6.37. The van der Waals surface area contributed by atoms with E-state index in [-0.39, 0.29) is 27.2 Å². The number of rotatable bonds is 5. The van der Waals surface area contributed by atoms with Gasteiger partial charge in [-0.05, 0) is 36.8 Å². The van der Waals surface area contributed by atoms with Crippen LogP contribution in [0.1, 0.15) is 23.2 Å². The van der Waals surface area contributed by atoms with E-state index in [1.165, 1.54) is 12.1 Å². The highest BCUT2D eigenvalue weighted by Crippen LogP contribution is 2.28. The zero-order chi connectivity index (χ0) is 20.3. The molecule has 3 N–H and O–H groups in total. The van der Waals surface area contributed by atoms with Crippen LogP contribution in [-0.4, -0.2) is 30.9 Å². The Balaban J connectivity index is 1.60. The Morgan fingerprint density at radius 1 is 1.21 bits per heavy atom. The number of anilines is 3. The van der Waals surface area contributed by atoms with Gasteiger partial charge in [0.05, 0.1) is 16.3 Å². The normalized spacial score (nSPS) is 13.5. The van der Waals surface area contributed by atoms with E-state index in [2.05, 4.69) is 5.32 Å². The predicted octanol–water partition coefficient (Wildman–Crippen LogP) is 3.50. The van der Waals surface area contributed by atoms with Crippen molar-refractivity contribution in [3.8, 4) is 0 Å². The van der Waals surface area contributed by atoms with Gasteiger partial charge in [-0.1, -0.05) is 29.3 Å². The van der Waals surface area contributed by atoms with Crippen molar-refractivity contribution in [1.82, 2.24) is 0 Å². The van der Waals surface area contributed by atoms with Gasteiger partial charge in [0, 0.05) is 29.4 Å². The number of nitrogen functional groups attached to an aromatic ring is 1. The SMILES string of the molecule is Nc1c(Cl)cc(Cl)cc1C(=O)OCC(=O)Nc1cccc(N2CCCC2=O)c1. The molecule has 7 nitrogen and oxygen atoms in total. The molecule has 1 fully saturated rings. The lowest BCUT2D eigenvalue weighted by Crippen LogP contribution is -2.24. The topological polar surface area (TPSA) is 102 Å². The summed E-state index contributed by atoms with van der Waals surface area (Å²) in [5.74, 6) is -1.30. The number of nitrogens with two attached hydrogens (primary N) is 1. The predicted molar refractivity (Wildman–Crippen MR) is 108 cm³/mol. The van der Waals surface area contributed by atoms with Crippen molar-refractivity contribution >= 4 is 58.0 Å². The molecule has 0 bridgehead atoms. The van der Waals surface area contributed by atoms with E-state index < -0.39 is 18.5 Å². The molecule has 9 heteroatoms. The van der Waals surface area contributed by atoms with Gasteiger partial charge in [0.1, 0.15) is 0 Å². The highest BCUT2D eigenvalue weighted by Gasteiger charge is 2.22. The van der Waals surface area contributed by atoms with Gasteiger partial charge in [0.25, 0.3) is 5.91 Å². The van der Waals surface area contributed by atoms with Crippen molar-refractivity contribution < 1.29 is 19.1 Å². The molecule has 0 spiro atoms. The number of nitrogens with one attached hydrogen (secondary N) is 1. The van der Waals surface area contributed by atoms with Crippen LogP contribution in [0.5, 0.6) is 0 Å². The average molecular weight is 422 g/mol. The largest absolute Gasteiger partial charge is 0.452 e. The molecular weight excluding hydrogens is 405 g/mol. The number of esters is 1. The molecular formula is C19H17Cl2N3O4. The van der Waals surface area contributed by atoms with Crippen LogP contribution in [0.15, 0.2) is 36.4 Å². The maximum Gasteiger partial charge on any atom is 0.340 e. The fourth-order valence-electron chi connectivity index (χ4n) is 2.83. The molecule has 0 aromatic heterocycles. The average Bonchev–Trinajstić information content (AvgIpc) is 3.09. The fourth-order valence-corrected chi connectivity index (χ4v) is 3.33. The molecule has 0 radical (unpaired) electrons. The first-order valence-corrected chi connectivity index (χ1v) is 9.22. The van der Waals surface area contributed by atoms with Crippen LogP contribution in [0.3, 0.4) is 0 Å². The zero-order valence-electron chi connectivity index (χ0n) is 14.7. The minimum Gasteiger partial charge on any atom is -0.452 e. The van der Waals surface area contributed by atoms with Gasteiger partial charge in [-0.2, -0.15) is 0 Å². The Labute approximate surface area is 171 Å². The van der Waals surface area contributed by atoms with E-state index in [0.29, 0.717) is 24.3 Å². The summed E-state index contributed by atoms with van der Waals surface area (Å²) in [5, 5.41) is 2.98. The Hall–Kier alpha value is -2.77. The Bertz CT molecular complexity index is 949. The van der Waals surface area contributed by atoms with Crippen LogP contribution in [-0.2, 0) is 14.3 Å². The third-order valence-electron chi connectivity index (χ3n) is 4.16. The molecule has 0 saturated carbocycles. The summed E-state index contributed by atoms with van der Waals surface area (Å²) in [7, 11) is 0. The van der Waals surface area contributed by atoms with Crippen LogP contribution in [0.2, 0.25) is 10.0 Å². The van der Waals surface area contributed by atoms with Crippen molar-refractivity contribution in [2.24, 2.45) is 0 Å². The summed E-state index contributed by atoms with van der Waals surface area (Å²) in [5.41, 5.74) is 6.96. The van der Waals surface area contributed by atoms with Crippen LogP contribution in [0.4, 0.5) is 17.1 Å². The molecule has 1 heterocycles. The summed E-state index contributed by atoms with van der Waals surface area (Å²) < 4.78 is 4.99. The Morgan fingerprint density at radius 3 is 2.71 bits per heavy atom. The van der Waals surface area contributed by atoms with Gasteiger partial charge in [0.2, 0.25) is 5.91 Å². The summed E-state index contributed by atoms with van der Waals surface area (Å²) in [6.07, 6.45) is 1.32. The zero-order valence-corrected chi connectivity index (χ0v) is 16.2. The quantitative estimate of drug-likeness (QED) is 0.567. The van der Waals surface area contributed by atoms with Gasteiger partial charge >= 0.3 is 5.97 Å². The van der Waals surface area contributed by atoms with Crippen molar-refractivity contribution in [3.63, 3.8) is 0 Å². The third kappa shape index (κ3) is 4.55. The van der Waals surface area contributed by atoms with E-state index in [4.69, 9.17) is 33.7 Å². The number of amides is 2. The van der Waals surface area contributed by atoms with Gasteiger partial charge < -0.3 is 20.7 Å². The number of hydrogen-bond acceptors (Lipinski definition) is 5. The number of halogens is 2. The molecule has 28 heavy (non-hydrogen) atoms. The molecule has 1 aliphatic rings. The molecule has 0 atom stereocenters. The number of ether oxygens (including phenoxy) is 1. The highest BCUT2D eigenvalue weighted by atomic mass is 35.5. The van der Waals surface area contributed by atoms with E-state index in [9.17, 15) is 14.4 Å². The smallest absolute Gasteiger partial charge is 0.340 e. The van der Waals surface area contributed by atoms with Gasteiger partial charge in [-0.15, -0.1) is 0 Å². The molecule has 2 aromatic carbocycles. The Kier molecular flexibility index (Phi) is 6.06. The lowest BCUT2D eigenvalue weighted by atomic mass is 10.2. The summed E-state index contributed by atoms with van der Waals surface area (Å²) in [4.78, 5) is 37.8. The standard InChI is InChI=1S/C19H17Cl2N3O4/c20-11-7-14(18(22)15(21)8-11)19(27)28-10-16(25)23-12-3-1-4-13(9-12)24-6-2-5-17(24)26/h1,3-4,7-9H,2,5-6,10,22H2,(H,23,25). The number of carbonyl (C=O) groups excluding carboxylic acids is 3. The summed E-state index contributed by atoms with van der Waals surface area (Å²) in [6, 6.07) is 9.62. The second kappa shape index (κ2) is 8.50. The van der Waals surface area contributed by atoms with Crippen LogP contribution in [0.25, 0.3) is 0 Å². The lowest BCUT2D eigenvalue weighted by molar-refractivity contribution is -0.119. The minimum atomic E-state index is -0.812. The van der Waals surface area contributed by atoms with E-state index in [1.807, 2.05) is 0 Å². The van der Waals surface area contributed by atoms with E-state index in [1.54, 1.807) is 29.2 Å². The van der Waals surface area contributed by atoms with Gasteiger partial charge in [0.15, 0.2) is 6.61 Å². The van der Waals surface area contributed by atoms with Crippen molar-refractivity contribution in [1.29, 1.82) is 0 Å². The van der Waals surface area contributed by atoms with Gasteiger partial charge in [-0.25, -0.2) is 4.79 Å². The molecule has 146 valence electrons. The second-order valence-electron chi connectivity index (χ2n) is 6.17. The first-order valence-electron chi connectivity index (χ1n) is 8.47. The lowest BCUT2D eigenvalue weighted by Gasteiger charge is -2.16. The Morgan fingerprint density at radius 2 is 2.00 bits per heavy atom. The summed E-state index contributed by atoms with van der Waals surface area (Å²) >= 11 is 11.7. The second-order valence-corrected chi connectivity index (χ2v) is 7.02. The molecule has 1 aliphatic heterocycles. The number of hydrogen-bond donors (Lipinski definition) is 2.